The van der Waals surface area contributed by atoms with E-state index in [1.807, 2.05) is 18.7 Å². The Morgan fingerprint density at radius 1 is 1.25 bits per heavy atom. The maximum Gasteiger partial charge on any atom is 0.0646 e. The summed E-state index contributed by atoms with van der Waals surface area (Å²) >= 11 is 3.60. The maximum atomic E-state index is 5.86. The minimum absolute atomic E-state index is 0.213. The fourth-order valence-electron chi connectivity index (χ4n) is 1.55. The summed E-state index contributed by atoms with van der Waals surface area (Å²) in [7, 11) is 0. The average Bonchev–Trinajstić information content (AvgIpc) is 2.73. The molecule has 0 radical (unpaired) electrons. The summed E-state index contributed by atoms with van der Waals surface area (Å²) in [6, 6.07) is 12.9. The Bertz CT molecular complexity index is 435. The zero-order chi connectivity index (χ0) is 11.4. The molecule has 84 valence electrons. The van der Waals surface area contributed by atoms with Crippen LogP contribution in [0, 0.1) is 0 Å². The van der Waals surface area contributed by atoms with Gasteiger partial charge in [0.15, 0.2) is 0 Å². The Labute approximate surface area is 105 Å². The molecular formula is C13H15NS2. The van der Waals surface area contributed by atoms with Crippen LogP contribution < -0.4 is 5.73 Å². The lowest BCUT2D eigenvalue weighted by molar-refractivity contribution is 0.729. The third-order valence-corrected chi connectivity index (χ3v) is 4.38. The average molecular weight is 249 g/mol. The number of hydrogen-bond donors (Lipinski definition) is 1. The predicted octanol–water partition coefficient (Wildman–Crippen LogP) is 3.79. The molecule has 1 heterocycles. The van der Waals surface area contributed by atoms with Gasteiger partial charge in [0.1, 0.15) is 0 Å². The highest BCUT2D eigenvalue weighted by Gasteiger charge is 2.06. The first-order valence-electron chi connectivity index (χ1n) is 5.30. The molecule has 0 saturated heterocycles. The van der Waals surface area contributed by atoms with Gasteiger partial charge in [-0.05, 0) is 36.4 Å². The van der Waals surface area contributed by atoms with E-state index in [4.69, 9.17) is 5.73 Å². The Kier molecular flexibility index (Phi) is 4.04. The largest absolute Gasteiger partial charge is 0.328 e. The summed E-state index contributed by atoms with van der Waals surface area (Å²) in [5.74, 6) is 0. The van der Waals surface area contributed by atoms with Crippen molar-refractivity contribution in [3.8, 4) is 0 Å². The van der Waals surface area contributed by atoms with Crippen LogP contribution in [-0.4, -0.2) is 6.04 Å². The van der Waals surface area contributed by atoms with Crippen LogP contribution in [0.5, 0.6) is 0 Å². The topological polar surface area (TPSA) is 26.0 Å². The second-order valence-corrected chi connectivity index (χ2v) is 6.11. The first-order valence-corrected chi connectivity index (χ1v) is 7.00. The van der Waals surface area contributed by atoms with Crippen LogP contribution in [0.4, 0.5) is 0 Å². The van der Waals surface area contributed by atoms with E-state index in [-0.39, 0.29) is 6.04 Å². The van der Waals surface area contributed by atoms with Crippen molar-refractivity contribution >= 4 is 23.1 Å². The molecule has 0 spiro atoms. The smallest absolute Gasteiger partial charge is 0.0646 e. The summed E-state index contributed by atoms with van der Waals surface area (Å²) in [6.07, 6.45) is 0.939. The summed E-state index contributed by atoms with van der Waals surface area (Å²) in [5, 5.41) is 2.11. The van der Waals surface area contributed by atoms with Crippen LogP contribution in [0.25, 0.3) is 0 Å². The van der Waals surface area contributed by atoms with Gasteiger partial charge in [-0.2, -0.15) is 0 Å². The molecule has 2 rings (SSSR count). The molecule has 1 aromatic carbocycles. The molecule has 1 atom stereocenters. The van der Waals surface area contributed by atoms with Gasteiger partial charge in [-0.3, -0.25) is 0 Å². The maximum absolute atomic E-state index is 5.86. The van der Waals surface area contributed by atoms with Crippen LogP contribution in [0.15, 0.2) is 50.9 Å². The van der Waals surface area contributed by atoms with E-state index in [0.717, 1.165) is 6.42 Å². The first kappa shape index (κ1) is 11.7. The third kappa shape index (κ3) is 3.11. The van der Waals surface area contributed by atoms with Gasteiger partial charge in [0, 0.05) is 10.9 Å². The van der Waals surface area contributed by atoms with Gasteiger partial charge in [-0.1, -0.05) is 36.0 Å². The Hall–Kier alpha value is -0.770. The van der Waals surface area contributed by atoms with E-state index in [1.165, 1.54) is 14.7 Å². The zero-order valence-corrected chi connectivity index (χ0v) is 10.9. The van der Waals surface area contributed by atoms with Gasteiger partial charge in [-0.15, -0.1) is 11.3 Å². The Morgan fingerprint density at radius 3 is 2.75 bits per heavy atom. The van der Waals surface area contributed by atoms with E-state index < -0.39 is 0 Å². The van der Waals surface area contributed by atoms with Crippen LogP contribution >= 0.6 is 23.1 Å². The van der Waals surface area contributed by atoms with E-state index >= 15 is 0 Å². The molecule has 0 saturated carbocycles. The standard InChI is InChI=1S/C13H15NS2/c1-10(14)9-11-5-2-3-6-12(11)16-13-7-4-8-15-13/h2-8,10H,9,14H2,1H3. The lowest BCUT2D eigenvalue weighted by Gasteiger charge is -2.10. The van der Waals surface area contributed by atoms with Crippen molar-refractivity contribution in [1.82, 2.24) is 0 Å². The van der Waals surface area contributed by atoms with Crippen LogP contribution in [0.1, 0.15) is 12.5 Å². The molecule has 0 aliphatic rings. The highest BCUT2D eigenvalue weighted by atomic mass is 32.2. The molecular weight excluding hydrogens is 234 g/mol. The molecule has 0 aliphatic heterocycles. The van der Waals surface area contributed by atoms with E-state index in [2.05, 4.69) is 41.8 Å². The van der Waals surface area contributed by atoms with Crippen molar-refractivity contribution in [2.45, 2.75) is 28.5 Å². The predicted molar refractivity (Wildman–Crippen MR) is 72.2 cm³/mol. The van der Waals surface area contributed by atoms with Crippen molar-refractivity contribution in [1.29, 1.82) is 0 Å². The normalized spacial score (nSPS) is 12.6. The second-order valence-electron chi connectivity index (χ2n) is 3.82. The van der Waals surface area contributed by atoms with Crippen molar-refractivity contribution in [2.24, 2.45) is 5.73 Å². The summed E-state index contributed by atoms with van der Waals surface area (Å²) in [4.78, 5) is 1.32. The molecule has 2 N–H and O–H groups in total. The molecule has 0 aliphatic carbocycles. The molecule has 1 nitrogen and oxygen atoms in total. The number of rotatable bonds is 4. The summed E-state index contributed by atoms with van der Waals surface area (Å²) < 4.78 is 1.33. The Balaban J connectivity index is 2.19. The van der Waals surface area contributed by atoms with Crippen LogP contribution in [0.2, 0.25) is 0 Å². The molecule has 0 bridgehead atoms. The SMILES string of the molecule is CC(N)Cc1ccccc1Sc1cccs1. The van der Waals surface area contributed by atoms with Crippen LogP contribution in [-0.2, 0) is 6.42 Å². The van der Waals surface area contributed by atoms with Crippen LogP contribution in [0.3, 0.4) is 0 Å². The number of thiophene rings is 1. The number of nitrogens with two attached hydrogens (primary N) is 1. The fraction of sp³-hybridized carbons (Fsp3) is 0.231. The number of hydrogen-bond acceptors (Lipinski definition) is 3. The van der Waals surface area contributed by atoms with E-state index in [1.54, 1.807) is 11.3 Å². The summed E-state index contributed by atoms with van der Waals surface area (Å²) in [6.45, 7) is 2.05. The summed E-state index contributed by atoms with van der Waals surface area (Å²) in [5.41, 5.74) is 7.20. The quantitative estimate of drug-likeness (QED) is 0.892. The van der Waals surface area contributed by atoms with Gasteiger partial charge in [0.05, 0.1) is 4.21 Å². The molecule has 3 heteroatoms. The zero-order valence-electron chi connectivity index (χ0n) is 9.22. The Morgan fingerprint density at radius 2 is 2.06 bits per heavy atom. The number of benzene rings is 1. The van der Waals surface area contributed by atoms with Gasteiger partial charge in [0.2, 0.25) is 0 Å². The molecule has 16 heavy (non-hydrogen) atoms. The molecule has 0 amide bonds. The van der Waals surface area contributed by atoms with E-state index in [0.29, 0.717) is 0 Å². The molecule has 1 aromatic heterocycles. The highest BCUT2D eigenvalue weighted by Crippen LogP contribution is 2.33. The van der Waals surface area contributed by atoms with Crippen molar-refractivity contribution in [3.05, 3.63) is 47.3 Å². The second kappa shape index (κ2) is 5.53. The highest BCUT2D eigenvalue weighted by molar-refractivity contribution is 8.01. The minimum atomic E-state index is 0.213. The first-order chi connectivity index (χ1) is 7.75. The van der Waals surface area contributed by atoms with Crippen molar-refractivity contribution in [3.63, 3.8) is 0 Å². The lowest BCUT2D eigenvalue weighted by atomic mass is 10.1. The van der Waals surface area contributed by atoms with Gasteiger partial charge in [0.25, 0.3) is 0 Å². The van der Waals surface area contributed by atoms with Crippen molar-refractivity contribution in [2.75, 3.05) is 0 Å². The monoisotopic (exact) mass is 249 g/mol. The molecule has 0 fully saturated rings. The minimum Gasteiger partial charge on any atom is -0.328 e. The molecule has 2 aromatic rings. The lowest BCUT2D eigenvalue weighted by Crippen LogP contribution is -2.18. The van der Waals surface area contributed by atoms with Gasteiger partial charge < -0.3 is 5.73 Å². The third-order valence-electron chi connectivity index (χ3n) is 2.22. The van der Waals surface area contributed by atoms with E-state index in [9.17, 15) is 0 Å². The van der Waals surface area contributed by atoms with Gasteiger partial charge in [-0.25, -0.2) is 0 Å². The van der Waals surface area contributed by atoms with Gasteiger partial charge >= 0.3 is 0 Å². The molecule has 1 unspecified atom stereocenters. The van der Waals surface area contributed by atoms with Crippen molar-refractivity contribution < 1.29 is 0 Å². The fourth-order valence-corrected chi connectivity index (χ4v) is 3.42.